The van der Waals surface area contributed by atoms with E-state index in [-0.39, 0.29) is 28.7 Å². The predicted octanol–water partition coefficient (Wildman–Crippen LogP) is 5.26. The van der Waals surface area contributed by atoms with Crippen LogP contribution in [0.2, 0.25) is 10.0 Å². The van der Waals surface area contributed by atoms with Gasteiger partial charge in [-0.15, -0.1) is 0 Å². The fourth-order valence-corrected chi connectivity index (χ4v) is 5.75. The summed E-state index contributed by atoms with van der Waals surface area (Å²) in [6.45, 7) is 0.375. The van der Waals surface area contributed by atoms with Gasteiger partial charge in [0.05, 0.1) is 16.5 Å². The van der Waals surface area contributed by atoms with Crippen molar-refractivity contribution in [1.82, 2.24) is 4.31 Å². The predicted molar refractivity (Wildman–Crippen MR) is 133 cm³/mol. The van der Waals surface area contributed by atoms with E-state index in [1.807, 2.05) is 6.07 Å². The van der Waals surface area contributed by atoms with Gasteiger partial charge in [-0.3, -0.25) is 9.59 Å². The van der Waals surface area contributed by atoms with Crippen LogP contribution in [0, 0.1) is 5.92 Å². The summed E-state index contributed by atoms with van der Waals surface area (Å²) in [5, 5.41) is 3.63. The zero-order valence-electron chi connectivity index (χ0n) is 18.1. The van der Waals surface area contributed by atoms with Crippen LogP contribution in [0.4, 0.5) is 5.69 Å². The van der Waals surface area contributed by atoms with E-state index < -0.39 is 15.9 Å². The topological polar surface area (TPSA) is 83.6 Å². The lowest BCUT2D eigenvalue weighted by atomic mass is 9.97. The number of anilines is 1. The van der Waals surface area contributed by atoms with Crippen molar-refractivity contribution < 1.29 is 18.0 Å². The Balaban J connectivity index is 1.53. The van der Waals surface area contributed by atoms with Gasteiger partial charge in [-0.1, -0.05) is 53.5 Å². The molecule has 1 saturated heterocycles. The highest BCUT2D eigenvalue weighted by molar-refractivity contribution is 7.89. The van der Waals surface area contributed by atoms with Crippen LogP contribution in [0.5, 0.6) is 0 Å². The van der Waals surface area contributed by atoms with Crippen molar-refractivity contribution in [2.24, 2.45) is 5.92 Å². The second-order valence-corrected chi connectivity index (χ2v) is 10.8. The average molecular weight is 517 g/mol. The van der Waals surface area contributed by atoms with Crippen molar-refractivity contribution in [3.8, 4) is 0 Å². The van der Waals surface area contributed by atoms with Crippen LogP contribution >= 0.6 is 23.2 Å². The molecule has 3 aromatic rings. The van der Waals surface area contributed by atoms with Gasteiger partial charge < -0.3 is 5.32 Å². The smallest absolute Gasteiger partial charge is 0.243 e. The number of halogens is 2. The van der Waals surface area contributed by atoms with Crippen LogP contribution in [0.15, 0.2) is 77.7 Å². The van der Waals surface area contributed by atoms with Gasteiger partial charge in [0.15, 0.2) is 5.78 Å². The van der Waals surface area contributed by atoms with Gasteiger partial charge in [0, 0.05) is 34.3 Å². The van der Waals surface area contributed by atoms with Crippen molar-refractivity contribution >= 4 is 50.6 Å². The minimum atomic E-state index is -3.76. The maximum atomic E-state index is 13.1. The molecule has 34 heavy (non-hydrogen) atoms. The molecule has 0 bridgehead atoms. The van der Waals surface area contributed by atoms with E-state index in [1.54, 1.807) is 36.4 Å². The molecule has 0 saturated carbocycles. The molecule has 0 spiro atoms. The molecule has 6 nitrogen and oxygen atoms in total. The summed E-state index contributed by atoms with van der Waals surface area (Å²) in [5.41, 5.74) is 1.08. The Morgan fingerprint density at radius 1 is 0.912 bits per heavy atom. The quantitative estimate of drug-likeness (QED) is 0.452. The Labute approximate surface area is 208 Å². The van der Waals surface area contributed by atoms with Crippen molar-refractivity contribution in [2.45, 2.75) is 17.7 Å². The van der Waals surface area contributed by atoms with Crippen LogP contribution < -0.4 is 5.32 Å². The lowest BCUT2D eigenvalue weighted by Crippen LogP contribution is -2.43. The molecule has 1 atom stereocenters. The molecule has 1 fully saturated rings. The summed E-state index contributed by atoms with van der Waals surface area (Å²) in [4.78, 5) is 26.3. The van der Waals surface area contributed by atoms with Gasteiger partial charge in [-0.2, -0.15) is 4.31 Å². The molecule has 3 aromatic carbocycles. The zero-order chi connectivity index (χ0) is 24.3. The number of nitrogens with zero attached hydrogens (tertiary/aromatic N) is 1. The van der Waals surface area contributed by atoms with E-state index in [0.717, 1.165) is 0 Å². The molecule has 176 valence electrons. The van der Waals surface area contributed by atoms with Crippen molar-refractivity contribution in [3.63, 3.8) is 0 Å². The summed E-state index contributed by atoms with van der Waals surface area (Å²) in [7, 11) is -3.76. The number of rotatable bonds is 6. The van der Waals surface area contributed by atoms with Gasteiger partial charge in [-0.05, 0) is 55.3 Å². The van der Waals surface area contributed by atoms with Gasteiger partial charge in [-0.25, -0.2) is 8.42 Å². The number of ketones is 1. The number of amides is 1. The summed E-state index contributed by atoms with van der Waals surface area (Å²) in [6, 6.07) is 19.4. The van der Waals surface area contributed by atoms with Crippen LogP contribution in [0.3, 0.4) is 0 Å². The first-order chi connectivity index (χ1) is 16.3. The second kappa shape index (κ2) is 10.3. The molecule has 1 aliphatic rings. The Kier molecular flexibility index (Phi) is 7.38. The van der Waals surface area contributed by atoms with Gasteiger partial charge in [0.1, 0.15) is 0 Å². The van der Waals surface area contributed by atoms with E-state index in [9.17, 15) is 18.0 Å². The number of benzene rings is 3. The molecular formula is C25H22Cl2N2O4S. The monoisotopic (exact) mass is 516 g/mol. The van der Waals surface area contributed by atoms with Crippen molar-refractivity contribution in [3.05, 3.63) is 94.0 Å². The molecule has 1 N–H and O–H groups in total. The molecule has 1 unspecified atom stereocenters. The number of piperidine rings is 1. The van der Waals surface area contributed by atoms with Crippen LogP contribution in [-0.4, -0.2) is 37.5 Å². The highest BCUT2D eigenvalue weighted by Gasteiger charge is 2.33. The third-order valence-electron chi connectivity index (χ3n) is 5.73. The summed E-state index contributed by atoms with van der Waals surface area (Å²) in [5.74, 6) is -1.18. The van der Waals surface area contributed by atoms with Gasteiger partial charge in [0.2, 0.25) is 15.9 Å². The molecule has 0 aliphatic carbocycles. The molecule has 4 rings (SSSR count). The van der Waals surface area contributed by atoms with E-state index in [4.69, 9.17) is 23.2 Å². The first-order valence-electron chi connectivity index (χ1n) is 10.7. The highest BCUT2D eigenvalue weighted by Crippen LogP contribution is 2.28. The molecule has 0 aromatic heterocycles. The number of hydrogen-bond donors (Lipinski definition) is 1. The summed E-state index contributed by atoms with van der Waals surface area (Å²) < 4.78 is 27.4. The Bertz CT molecular complexity index is 1310. The molecular weight excluding hydrogens is 495 g/mol. The molecule has 9 heteroatoms. The Hall–Kier alpha value is -2.71. The SMILES string of the molecule is O=C(c1ccccc1)c1cc(Cl)ccc1NC(=O)C1CCCN(S(=O)(=O)c2ccc(Cl)cc2)C1. The molecule has 0 radical (unpaired) electrons. The van der Waals surface area contributed by atoms with E-state index in [0.29, 0.717) is 40.7 Å². The third kappa shape index (κ3) is 5.33. The molecule has 1 heterocycles. The average Bonchev–Trinajstić information content (AvgIpc) is 2.85. The number of hydrogen-bond acceptors (Lipinski definition) is 4. The zero-order valence-corrected chi connectivity index (χ0v) is 20.4. The van der Waals surface area contributed by atoms with E-state index >= 15 is 0 Å². The normalized spacial score (nSPS) is 16.7. The highest BCUT2D eigenvalue weighted by atomic mass is 35.5. The fourth-order valence-electron chi connectivity index (χ4n) is 3.92. The summed E-state index contributed by atoms with van der Waals surface area (Å²) >= 11 is 12.0. The first kappa shape index (κ1) is 24.4. The van der Waals surface area contributed by atoms with Crippen LogP contribution in [0.1, 0.15) is 28.8 Å². The van der Waals surface area contributed by atoms with E-state index in [2.05, 4.69) is 5.32 Å². The molecule has 1 aliphatic heterocycles. The number of carbonyl (C=O) groups is 2. The Morgan fingerprint density at radius 2 is 1.59 bits per heavy atom. The minimum Gasteiger partial charge on any atom is -0.325 e. The maximum Gasteiger partial charge on any atom is 0.243 e. The number of carbonyl (C=O) groups excluding carboxylic acids is 2. The van der Waals surface area contributed by atoms with Gasteiger partial charge >= 0.3 is 0 Å². The van der Waals surface area contributed by atoms with Crippen LogP contribution in [0.25, 0.3) is 0 Å². The minimum absolute atomic E-state index is 0.0480. The largest absolute Gasteiger partial charge is 0.325 e. The lowest BCUT2D eigenvalue weighted by Gasteiger charge is -2.31. The number of nitrogens with one attached hydrogen (secondary N) is 1. The number of sulfonamides is 1. The lowest BCUT2D eigenvalue weighted by molar-refractivity contribution is -0.120. The van der Waals surface area contributed by atoms with Crippen LogP contribution in [-0.2, 0) is 14.8 Å². The second-order valence-electron chi connectivity index (χ2n) is 8.03. The first-order valence-corrected chi connectivity index (χ1v) is 12.9. The van der Waals surface area contributed by atoms with Gasteiger partial charge in [0.25, 0.3) is 0 Å². The fraction of sp³-hybridized carbons (Fsp3) is 0.200. The Morgan fingerprint density at radius 3 is 2.29 bits per heavy atom. The summed E-state index contributed by atoms with van der Waals surface area (Å²) in [6.07, 6.45) is 1.08. The van der Waals surface area contributed by atoms with Crippen molar-refractivity contribution in [2.75, 3.05) is 18.4 Å². The third-order valence-corrected chi connectivity index (χ3v) is 8.09. The maximum absolute atomic E-state index is 13.1. The standard InChI is InChI=1S/C25H22Cl2N2O4S/c26-19-8-11-21(12-9-19)34(32,33)29-14-4-7-18(16-29)25(31)28-23-13-10-20(27)15-22(23)24(30)17-5-2-1-3-6-17/h1-3,5-6,8-13,15,18H,4,7,14,16H2,(H,28,31). The van der Waals surface area contributed by atoms with E-state index in [1.165, 1.54) is 34.6 Å². The van der Waals surface area contributed by atoms with Crippen molar-refractivity contribution in [1.29, 1.82) is 0 Å². The molecule has 1 amide bonds.